The summed E-state index contributed by atoms with van der Waals surface area (Å²) in [5.41, 5.74) is 2.17. The first-order valence-electron chi connectivity index (χ1n) is 4.80. The number of benzene rings is 2. The van der Waals surface area contributed by atoms with Crippen LogP contribution in [0.1, 0.15) is 11.1 Å². The first kappa shape index (κ1) is 9.59. The van der Waals surface area contributed by atoms with E-state index in [4.69, 9.17) is 5.11 Å². The van der Waals surface area contributed by atoms with Gasteiger partial charge in [0.05, 0.1) is 0 Å². The van der Waals surface area contributed by atoms with Crippen LogP contribution in [0, 0.1) is 0 Å². The molecule has 0 aromatic heterocycles. The summed E-state index contributed by atoms with van der Waals surface area (Å²) in [5, 5.41) is 18.5. The zero-order chi connectivity index (χ0) is 10.7. The Morgan fingerprint density at radius 1 is 0.733 bits per heavy atom. The average molecular weight is 200 g/mol. The van der Waals surface area contributed by atoms with Crippen molar-refractivity contribution >= 4 is 0 Å². The molecule has 0 spiro atoms. The Morgan fingerprint density at radius 2 is 1.47 bits per heavy atom. The molecule has 15 heavy (non-hydrogen) atoms. The summed E-state index contributed by atoms with van der Waals surface area (Å²) in [4.78, 5) is 0. The van der Waals surface area contributed by atoms with E-state index in [9.17, 15) is 5.11 Å². The van der Waals surface area contributed by atoms with Crippen LogP contribution in [0.4, 0.5) is 0 Å². The third-order valence-electron chi connectivity index (χ3n) is 2.29. The molecule has 2 heteroatoms. The highest BCUT2D eigenvalue weighted by molar-refractivity contribution is 5.41. The summed E-state index contributed by atoms with van der Waals surface area (Å²) >= 11 is 0. The van der Waals surface area contributed by atoms with Gasteiger partial charge in [0.1, 0.15) is 0 Å². The van der Waals surface area contributed by atoms with Crippen LogP contribution in [0.25, 0.3) is 0 Å². The van der Waals surface area contributed by atoms with Crippen molar-refractivity contribution in [3.63, 3.8) is 0 Å². The van der Waals surface area contributed by atoms with Gasteiger partial charge in [-0.05, 0) is 29.7 Å². The Morgan fingerprint density at radius 3 is 2.13 bits per heavy atom. The van der Waals surface area contributed by atoms with Crippen LogP contribution >= 0.6 is 0 Å². The van der Waals surface area contributed by atoms with Crippen LogP contribution in [0.15, 0.2) is 48.5 Å². The Balaban J connectivity index is 2.22. The third-order valence-corrected chi connectivity index (χ3v) is 2.29. The fraction of sp³-hybridized carbons (Fsp3) is 0.0769. The average Bonchev–Trinajstić information content (AvgIpc) is 2.25. The molecule has 0 aliphatic rings. The number of rotatable bonds is 2. The van der Waals surface area contributed by atoms with Gasteiger partial charge in [0.2, 0.25) is 0 Å². The maximum atomic E-state index is 9.33. The maximum Gasteiger partial charge on any atom is 0.157 e. The Bertz CT molecular complexity index is 449. The van der Waals surface area contributed by atoms with Gasteiger partial charge < -0.3 is 10.2 Å². The molecule has 0 radical (unpaired) electrons. The van der Waals surface area contributed by atoms with Gasteiger partial charge in [-0.15, -0.1) is 0 Å². The second-order valence-electron chi connectivity index (χ2n) is 3.49. The standard InChI is InChI=1S/C13H12O2/c14-12-7-6-11(9-13(12)15)8-10-4-2-1-3-5-10/h1-7,9,14-15H,8H2. The van der Waals surface area contributed by atoms with Crippen molar-refractivity contribution in [3.8, 4) is 11.5 Å². The van der Waals surface area contributed by atoms with Crippen LogP contribution < -0.4 is 0 Å². The first-order valence-corrected chi connectivity index (χ1v) is 4.80. The molecular weight excluding hydrogens is 188 g/mol. The highest BCUT2D eigenvalue weighted by Gasteiger charge is 2.01. The lowest BCUT2D eigenvalue weighted by Crippen LogP contribution is -1.86. The molecule has 2 nitrogen and oxygen atoms in total. The molecule has 2 N–H and O–H groups in total. The molecule has 0 amide bonds. The second-order valence-corrected chi connectivity index (χ2v) is 3.49. The van der Waals surface area contributed by atoms with E-state index in [1.165, 1.54) is 11.6 Å². The van der Waals surface area contributed by atoms with Gasteiger partial charge in [-0.3, -0.25) is 0 Å². The maximum absolute atomic E-state index is 9.33. The summed E-state index contributed by atoms with van der Waals surface area (Å²) in [7, 11) is 0. The van der Waals surface area contributed by atoms with Crippen molar-refractivity contribution in [2.24, 2.45) is 0 Å². The lowest BCUT2D eigenvalue weighted by molar-refractivity contribution is 0.403. The molecule has 0 bridgehead atoms. The topological polar surface area (TPSA) is 40.5 Å². The lowest BCUT2D eigenvalue weighted by atomic mass is 10.0. The normalized spacial score (nSPS) is 10.1. The summed E-state index contributed by atoms with van der Waals surface area (Å²) in [6, 6.07) is 14.9. The molecular formula is C13H12O2. The Hall–Kier alpha value is -1.96. The molecule has 2 aromatic carbocycles. The summed E-state index contributed by atoms with van der Waals surface area (Å²) in [6.45, 7) is 0. The fourth-order valence-electron chi connectivity index (χ4n) is 1.51. The third kappa shape index (κ3) is 2.29. The number of hydrogen-bond donors (Lipinski definition) is 2. The molecule has 2 rings (SSSR count). The molecule has 0 saturated heterocycles. The van der Waals surface area contributed by atoms with Crippen LogP contribution in [0.5, 0.6) is 11.5 Å². The van der Waals surface area contributed by atoms with E-state index in [0.29, 0.717) is 0 Å². The largest absolute Gasteiger partial charge is 0.504 e. The molecule has 76 valence electrons. The predicted molar refractivity (Wildman–Crippen MR) is 59.0 cm³/mol. The SMILES string of the molecule is Oc1ccc(Cc2ccccc2)cc1O. The van der Waals surface area contributed by atoms with Crippen LogP contribution in [-0.4, -0.2) is 10.2 Å². The van der Waals surface area contributed by atoms with Crippen molar-refractivity contribution in [3.05, 3.63) is 59.7 Å². The van der Waals surface area contributed by atoms with E-state index in [2.05, 4.69) is 0 Å². The number of aromatic hydroxyl groups is 2. The van der Waals surface area contributed by atoms with Crippen molar-refractivity contribution in [1.82, 2.24) is 0 Å². The predicted octanol–water partition coefficient (Wildman–Crippen LogP) is 2.69. The van der Waals surface area contributed by atoms with Crippen LogP contribution in [-0.2, 0) is 6.42 Å². The molecule has 2 aromatic rings. The zero-order valence-corrected chi connectivity index (χ0v) is 8.22. The van der Waals surface area contributed by atoms with Crippen LogP contribution in [0.3, 0.4) is 0 Å². The zero-order valence-electron chi connectivity index (χ0n) is 8.22. The first-order chi connectivity index (χ1) is 7.25. The number of phenolic OH excluding ortho intramolecular Hbond substituents is 2. The van der Waals surface area contributed by atoms with E-state index >= 15 is 0 Å². The van der Waals surface area contributed by atoms with E-state index in [-0.39, 0.29) is 11.5 Å². The van der Waals surface area contributed by atoms with Gasteiger partial charge >= 0.3 is 0 Å². The molecule has 0 atom stereocenters. The minimum atomic E-state index is -0.0770. The van der Waals surface area contributed by atoms with Gasteiger partial charge in [-0.2, -0.15) is 0 Å². The number of hydrogen-bond acceptors (Lipinski definition) is 2. The van der Waals surface area contributed by atoms with Gasteiger partial charge in [0.25, 0.3) is 0 Å². The highest BCUT2D eigenvalue weighted by Crippen LogP contribution is 2.25. The van der Waals surface area contributed by atoms with Gasteiger partial charge in [0, 0.05) is 0 Å². The van der Waals surface area contributed by atoms with E-state index in [1.54, 1.807) is 6.07 Å². The second kappa shape index (κ2) is 4.05. The van der Waals surface area contributed by atoms with E-state index in [0.717, 1.165) is 12.0 Å². The smallest absolute Gasteiger partial charge is 0.157 e. The van der Waals surface area contributed by atoms with Gasteiger partial charge in [0.15, 0.2) is 11.5 Å². The van der Waals surface area contributed by atoms with Crippen molar-refractivity contribution in [1.29, 1.82) is 0 Å². The summed E-state index contributed by atoms with van der Waals surface area (Å²) in [6.07, 6.45) is 0.759. The molecule has 0 aliphatic heterocycles. The van der Waals surface area contributed by atoms with Crippen molar-refractivity contribution < 1.29 is 10.2 Å². The molecule has 0 fully saturated rings. The summed E-state index contributed by atoms with van der Waals surface area (Å²) in [5.74, 6) is -0.143. The van der Waals surface area contributed by atoms with Gasteiger partial charge in [-0.25, -0.2) is 0 Å². The van der Waals surface area contributed by atoms with Gasteiger partial charge in [-0.1, -0.05) is 36.4 Å². The van der Waals surface area contributed by atoms with E-state index in [1.807, 2.05) is 36.4 Å². The van der Waals surface area contributed by atoms with E-state index < -0.39 is 0 Å². The van der Waals surface area contributed by atoms with Crippen LogP contribution in [0.2, 0.25) is 0 Å². The summed E-state index contributed by atoms with van der Waals surface area (Å²) < 4.78 is 0. The fourth-order valence-corrected chi connectivity index (χ4v) is 1.51. The number of phenols is 2. The van der Waals surface area contributed by atoms with Crippen molar-refractivity contribution in [2.45, 2.75) is 6.42 Å². The minimum Gasteiger partial charge on any atom is -0.504 e. The Labute approximate surface area is 88.4 Å². The highest BCUT2D eigenvalue weighted by atomic mass is 16.3. The molecule has 0 saturated carbocycles. The Kier molecular flexibility index (Phi) is 2.59. The molecule has 0 unspecified atom stereocenters. The lowest BCUT2D eigenvalue weighted by Gasteiger charge is -2.03. The molecule has 0 aliphatic carbocycles. The molecule has 0 heterocycles. The monoisotopic (exact) mass is 200 g/mol. The minimum absolute atomic E-state index is 0.0663. The van der Waals surface area contributed by atoms with Crippen molar-refractivity contribution in [2.75, 3.05) is 0 Å². The quantitative estimate of drug-likeness (QED) is 0.732.